The van der Waals surface area contributed by atoms with Crippen molar-refractivity contribution in [1.29, 1.82) is 0 Å². The summed E-state index contributed by atoms with van der Waals surface area (Å²) in [4.78, 5) is 2.96. The van der Waals surface area contributed by atoms with Crippen LogP contribution in [0.25, 0.3) is 0 Å². The fourth-order valence-corrected chi connectivity index (χ4v) is 9.45. The lowest BCUT2D eigenvalue weighted by Crippen LogP contribution is -2.47. The SMILES string of the molecule is CCC1CN2CCc3cc(OC)c(OC)cc3C2CC1CC1c2cc(OC)c(OC)cc2CCN1S(=O)(=O)c1ccccc1. The third-order valence-corrected chi connectivity index (χ3v) is 12.1. The van der Waals surface area contributed by atoms with Gasteiger partial charge >= 0.3 is 0 Å². The lowest BCUT2D eigenvalue weighted by Gasteiger charge is -2.49. The number of sulfonamides is 1. The quantitative estimate of drug-likeness (QED) is 0.289. The summed E-state index contributed by atoms with van der Waals surface area (Å²) in [5, 5.41) is 0. The minimum atomic E-state index is -3.73. The molecule has 0 aromatic heterocycles. The van der Waals surface area contributed by atoms with Crippen LogP contribution in [0, 0.1) is 11.8 Å². The fraction of sp³-hybridized carbons (Fsp3) is 0.486. The highest BCUT2D eigenvalue weighted by Gasteiger charge is 2.43. The average Bonchev–Trinajstić information content (AvgIpc) is 3.06. The Hall–Kier alpha value is -3.27. The molecule has 0 radical (unpaired) electrons. The van der Waals surface area contributed by atoms with Gasteiger partial charge in [-0.3, -0.25) is 4.90 Å². The zero-order valence-corrected chi connectivity index (χ0v) is 27.2. The van der Waals surface area contributed by atoms with E-state index in [1.165, 1.54) is 11.1 Å². The Bertz CT molecular complexity index is 1590. The number of benzene rings is 3. The Labute approximate surface area is 261 Å². The Morgan fingerprint density at radius 3 is 1.93 bits per heavy atom. The maximum absolute atomic E-state index is 14.2. The van der Waals surface area contributed by atoms with Crippen LogP contribution in [0.5, 0.6) is 23.0 Å². The largest absolute Gasteiger partial charge is 0.493 e. The first-order valence-corrected chi connectivity index (χ1v) is 17.1. The van der Waals surface area contributed by atoms with Gasteiger partial charge in [0.25, 0.3) is 0 Å². The molecule has 0 aliphatic carbocycles. The van der Waals surface area contributed by atoms with Crippen LogP contribution in [0.4, 0.5) is 0 Å². The van der Waals surface area contributed by atoms with E-state index in [4.69, 9.17) is 18.9 Å². The van der Waals surface area contributed by atoms with Crippen LogP contribution < -0.4 is 18.9 Å². The molecule has 1 saturated heterocycles. The monoisotopic (exact) mass is 620 g/mol. The Kier molecular flexibility index (Phi) is 8.81. The van der Waals surface area contributed by atoms with Crippen LogP contribution in [0.3, 0.4) is 0 Å². The van der Waals surface area contributed by atoms with Crippen molar-refractivity contribution in [2.75, 3.05) is 48.1 Å². The number of rotatable bonds is 9. The lowest BCUT2D eigenvalue weighted by atomic mass is 9.72. The van der Waals surface area contributed by atoms with E-state index in [1.807, 2.05) is 18.2 Å². The van der Waals surface area contributed by atoms with E-state index in [2.05, 4.69) is 24.0 Å². The van der Waals surface area contributed by atoms with Crippen LogP contribution >= 0.6 is 0 Å². The van der Waals surface area contributed by atoms with E-state index in [9.17, 15) is 8.42 Å². The van der Waals surface area contributed by atoms with Crippen molar-refractivity contribution in [3.8, 4) is 23.0 Å². The number of hydrogen-bond acceptors (Lipinski definition) is 7. The molecule has 3 aromatic carbocycles. The second-order valence-corrected chi connectivity index (χ2v) is 14.1. The molecule has 9 heteroatoms. The number of nitrogens with zero attached hydrogens (tertiary/aromatic N) is 2. The molecule has 4 unspecified atom stereocenters. The summed E-state index contributed by atoms with van der Waals surface area (Å²) in [5.74, 6) is 3.59. The Morgan fingerprint density at radius 1 is 0.750 bits per heavy atom. The van der Waals surface area contributed by atoms with Gasteiger partial charge in [-0.05, 0) is 96.2 Å². The number of hydrogen-bond donors (Lipinski definition) is 0. The molecule has 3 heterocycles. The van der Waals surface area contributed by atoms with E-state index in [0.717, 1.165) is 61.4 Å². The van der Waals surface area contributed by atoms with Crippen LogP contribution in [0.15, 0.2) is 59.5 Å². The molecule has 8 nitrogen and oxygen atoms in total. The minimum Gasteiger partial charge on any atom is -0.493 e. The summed E-state index contributed by atoms with van der Waals surface area (Å²) in [7, 11) is 2.91. The van der Waals surface area contributed by atoms with Crippen molar-refractivity contribution >= 4 is 10.0 Å². The predicted molar refractivity (Wildman–Crippen MR) is 170 cm³/mol. The van der Waals surface area contributed by atoms with Crippen molar-refractivity contribution in [3.05, 3.63) is 76.9 Å². The summed E-state index contributed by atoms with van der Waals surface area (Å²) < 4.78 is 52.9. The van der Waals surface area contributed by atoms with E-state index < -0.39 is 10.0 Å². The van der Waals surface area contributed by atoms with Crippen molar-refractivity contribution in [3.63, 3.8) is 0 Å². The summed E-state index contributed by atoms with van der Waals surface area (Å²) in [6.07, 6.45) is 4.34. The van der Waals surface area contributed by atoms with Gasteiger partial charge in [-0.25, -0.2) is 8.42 Å². The van der Waals surface area contributed by atoms with Crippen LogP contribution in [-0.2, 0) is 22.9 Å². The molecule has 0 amide bonds. The molecule has 0 saturated carbocycles. The minimum absolute atomic E-state index is 0.249. The third-order valence-electron chi connectivity index (χ3n) is 10.1. The maximum atomic E-state index is 14.2. The van der Waals surface area contributed by atoms with E-state index >= 15 is 0 Å². The van der Waals surface area contributed by atoms with E-state index in [1.54, 1.807) is 57.0 Å². The van der Waals surface area contributed by atoms with Gasteiger partial charge in [0.15, 0.2) is 23.0 Å². The van der Waals surface area contributed by atoms with Crippen LogP contribution in [0.1, 0.15) is 60.5 Å². The number of piperidine rings is 1. The second-order valence-electron chi connectivity index (χ2n) is 12.2. The van der Waals surface area contributed by atoms with Gasteiger partial charge in [-0.1, -0.05) is 31.5 Å². The van der Waals surface area contributed by atoms with E-state index in [0.29, 0.717) is 41.2 Å². The third kappa shape index (κ3) is 5.43. The highest BCUT2D eigenvalue weighted by molar-refractivity contribution is 7.89. The molecule has 1 fully saturated rings. The van der Waals surface area contributed by atoms with Gasteiger partial charge < -0.3 is 18.9 Å². The Balaban J connectivity index is 1.40. The molecule has 0 bridgehead atoms. The normalized spacial score (nSPS) is 23.7. The summed E-state index contributed by atoms with van der Waals surface area (Å²) in [5.41, 5.74) is 4.75. The zero-order chi connectivity index (χ0) is 31.0. The van der Waals surface area contributed by atoms with Gasteiger partial charge in [-0.15, -0.1) is 0 Å². The van der Waals surface area contributed by atoms with Gasteiger partial charge in [0.2, 0.25) is 10.0 Å². The number of ether oxygens (including phenoxy) is 4. The first-order valence-electron chi connectivity index (χ1n) is 15.6. The molecule has 4 atom stereocenters. The lowest BCUT2D eigenvalue weighted by molar-refractivity contribution is 0.0386. The zero-order valence-electron chi connectivity index (χ0n) is 26.4. The highest BCUT2D eigenvalue weighted by atomic mass is 32.2. The number of methoxy groups -OCH3 is 4. The van der Waals surface area contributed by atoms with Gasteiger partial charge in [0, 0.05) is 25.7 Å². The maximum Gasteiger partial charge on any atom is 0.243 e. The second kappa shape index (κ2) is 12.6. The fourth-order valence-electron chi connectivity index (χ4n) is 7.81. The first-order chi connectivity index (χ1) is 21.3. The molecule has 3 aliphatic heterocycles. The van der Waals surface area contributed by atoms with Crippen LogP contribution in [-0.4, -0.2) is 65.7 Å². The molecule has 0 N–H and O–H groups in total. The Morgan fingerprint density at radius 2 is 1.32 bits per heavy atom. The van der Waals surface area contributed by atoms with Crippen molar-refractivity contribution < 1.29 is 27.4 Å². The molecule has 44 heavy (non-hydrogen) atoms. The molecule has 6 rings (SSSR count). The van der Waals surface area contributed by atoms with Gasteiger partial charge in [-0.2, -0.15) is 4.31 Å². The summed E-state index contributed by atoms with van der Waals surface area (Å²) >= 11 is 0. The highest BCUT2D eigenvalue weighted by Crippen LogP contribution is 2.50. The van der Waals surface area contributed by atoms with Crippen molar-refractivity contribution in [2.24, 2.45) is 11.8 Å². The topological polar surface area (TPSA) is 77.5 Å². The van der Waals surface area contributed by atoms with Crippen LogP contribution in [0.2, 0.25) is 0 Å². The van der Waals surface area contributed by atoms with Gasteiger partial charge in [0.05, 0.1) is 39.4 Å². The molecular formula is C35H44N2O6S. The van der Waals surface area contributed by atoms with Gasteiger partial charge in [0.1, 0.15) is 0 Å². The molecule has 236 valence electrons. The summed E-state index contributed by atoms with van der Waals surface area (Å²) in [6.45, 7) is 4.69. The standard InChI is InChI=1S/C35H44N2O6S/c1-6-23-22-36-14-12-24-18-32(40-2)34(42-4)20-28(24)30(36)16-26(23)17-31-29-21-35(43-5)33(41-3)19-25(29)13-15-37(31)44(38,39)27-10-8-7-9-11-27/h7-11,18-21,23,26,30-31H,6,12-17,22H2,1-5H3. The van der Waals surface area contributed by atoms with Crippen molar-refractivity contribution in [2.45, 2.75) is 56.0 Å². The molecular weight excluding hydrogens is 576 g/mol. The molecule has 3 aliphatic rings. The number of fused-ring (bicyclic) bond motifs is 4. The first kappa shape index (κ1) is 30.7. The average molecular weight is 621 g/mol. The molecule has 3 aromatic rings. The van der Waals surface area contributed by atoms with Crippen molar-refractivity contribution in [1.82, 2.24) is 9.21 Å². The smallest absolute Gasteiger partial charge is 0.243 e. The molecule has 0 spiro atoms. The van der Waals surface area contributed by atoms with E-state index in [-0.39, 0.29) is 12.1 Å². The predicted octanol–water partition coefficient (Wildman–Crippen LogP) is 6.04. The summed E-state index contributed by atoms with van der Waals surface area (Å²) in [6, 6.07) is 17.1.